The van der Waals surface area contributed by atoms with Crippen LogP contribution in [0.25, 0.3) is 22.6 Å². The van der Waals surface area contributed by atoms with Gasteiger partial charge in [-0.05, 0) is 32.4 Å². The van der Waals surface area contributed by atoms with Crippen LogP contribution in [-0.2, 0) is 6.54 Å². The molecule has 0 fully saturated rings. The molecule has 0 atom stereocenters. The smallest absolute Gasteiger partial charge is 0.273 e. The predicted molar refractivity (Wildman–Crippen MR) is 108 cm³/mol. The molecule has 0 bridgehead atoms. The van der Waals surface area contributed by atoms with Crippen LogP contribution < -0.4 is 11.1 Å². The Bertz CT molecular complexity index is 1180. The van der Waals surface area contributed by atoms with Crippen molar-refractivity contribution >= 4 is 22.8 Å². The minimum Gasteiger partial charge on any atom is -0.443 e. The molecule has 9 nitrogen and oxygen atoms in total. The molecule has 4 rings (SSSR count). The van der Waals surface area contributed by atoms with Crippen molar-refractivity contribution in [3.8, 4) is 11.6 Å². The number of carbonyl (C=O) groups excluding carboxylic acids is 1. The number of oxazole rings is 1. The first-order valence-corrected chi connectivity index (χ1v) is 9.22. The number of hydrogen-bond donors (Lipinski definition) is 2. The van der Waals surface area contributed by atoms with Crippen LogP contribution in [0.15, 0.2) is 41.4 Å². The van der Waals surface area contributed by atoms with E-state index in [2.05, 4.69) is 43.7 Å². The molecule has 0 aliphatic rings. The number of aryl methyl sites for hydroxylation is 1. The van der Waals surface area contributed by atoms with Crippen LogP contribution in [0.2, 0.25) is 0 Å². The molecule has 3 aromatic heterocycles. The van der Waals surface area contributed by atoms with Gasteiger partial charge in [-0.1, -0.05) is 12.1 Å². The summed E-state index contributed by atoms with van der Waals surface area (Å²) < 4.78 is 7.33. The average Bonchev–Trinajstić information content (AvgIpc) is 3.37. The maximum atomic E-state index is 12.7. The van der Waals surface area contributed by atoms with Gasteiger partial charge in [0, 0.05) is 12.6 Å². The van der Waals surface area contributed by atoms with E-state index in [1.807, 2.05) is 24.5 Å². The molecule has 0 aliphatic heterocycles. The third kappa shape index (κ3) is 3.42. The van der Waals surface area contributed by atoms with Crippen LogP contribution in [-0.4, -0.2) is 30.4 Å². The Kier molecular flexibility index (Phi) is 4.71. The molecule has 3 N–H and O–H groups in total. The van der Waals surface area contributed by atoms with Crippen molar-refractivity contribution in [1.29, 1.82) is 0 Å². The molecule has 3 heterocycles. The lowest BCUT2D eigenvalue weighted by molar-refractivity contribution is 0.0946. The van der Waals surface area contributed by atoms with Gasteiger partial charge in [-0.2, -0.15) is 0 Å². The van der Waals surface area contributed by atoms with E-state index in [0.29, 0.717) is 29.9 Å². The average molecular weight is 391 g/mol. The Balaban J connectivity index is 1.56. The summed E-state index contributed by atoms with van der Waals surface area (Å²) in [5.41, 5.74) is 9.75. The monoisotopic (exact) mass is 391 g/mol. The Morgan fingerprint density at radius 3 is 2.83 bits per heavy atom. The van der Waals surface area contributed by atoms with Gasteiger partial charge in [0.15, 0.2) is 11.5 Å². The van der Waals surface area contributed by atoms with Crippen LogP contribution in [0.4, 0.5) is 5.82 Å². The predicted octanol–water partition coefficient (Wildman–Crippen LogP) is 2.88. The van der Waals surface area contributed by atoms with Crippen LogP contribution in [0, 0.1) is 6.92 Å². The second kappa shape index (κ2) is 7.34. The third-order valence-electron chi connectivity index (χ3n) is 4.63. The van der Waals surface area contributed by atoms with Gasteiger partial charge in [0.25, 0.3) is 5.91 Å². The largest absolute Gasteiger partial charge is 0.443 e. The highest BCUT2D eigenvalue weighted by molar-refractivity contribution is 5.96. The molecule has 0 spiro atoms. The SMILES string of the molecule is Cc1nc(C(=O)NCc2cccc3c2ncn3C(C)C)c(N)nc1-c1ncco1. The highest BCUT2D eigenvalue weighted by atomic mass is 16.3. The number of benzene rings is 1. The molecule has 0 saturated carbocycles. The summed E-state index contributed by atoms with van der Waals surface area (Å²) in [6.45, 7) is 6.22. The number of hydrogen-bond acceptors (Lipinski definition) is 7. The first kappa shape index (κ1) is 18.6. The van der Waals surface area contributed by atoms with Gasteiger partial charge >= 0.3 is 0 Å². The van der Waals surface area contributed by atoms with E-state index in [4.69, 9.17) is 10.2 Å². The minimum atomic E-state index is -0.405. The van der Waals surface area contributed by atoms with Gasteiger partial charge in [0.2, 0.25) is 5.89 Å². The Hall–Kier alpha value is -3.75. The molecule has 4 aromatic rings. The highest BCUT2D eigenvalue weighted by Crippen LogP contribution is 2.22. The topological polar surface area (TPSA) is 125 Å². The van der Waals surface area contributed by atoms with E-state index >= 15 is 0 Å². The van der Waals surface area contributed by atoms with E-state index in [9.17, 15) is 4.79 Å². The van der Waals surface area contributed by atoms with Crippen molar-refractivity contribution in [2.75, 3.05) is 5.73 Å². The number of imidazole rings is 1. The summed E-state index contributed by atoms with van der Waals surface area (Å²) in [5.74, 6) is -0.0815. The molecule has 0 aliphatic carbocycles. The molecular formula is C20H21N7O2. The van der Waals surface area contributed by atoms with E-state index in [0.717, 1.165) is 16.6 Å². The lowest BCUT2D eigenvalue weighted by Gasteiger charge is -2.10. The van der Waals surface area contributed by atoms with Crippen molar-refractivity contribution < 1.29 is 9.21 Å². The highest BCUT2D eigenvalue weighted by Gasteiger charge is 2.19. The van der Waals surface area contributed by atoms with E-state index in [-0.39, 0.29) is 11.5 Å². The van der Waals surface area contributed by atoms with Crippen molar-refractivity contribution in [3.05, 3.63) is 53.9 Å². The molecule has 29 heavy (non-hydrogen) atoms. The number of anilines is 1. The molecule has 148 valence electrons. The zero-order valence-corrected chi connectivity index (χ0v) is 16.4. The first-order chi connectivity index (χ1) is 14.0. The normalized spacial score (nSPS) is 11.3. The fourth-order valence-electron chi connectivity index (χ4n) is 3.17. The number of aromatic nitrogens is 5. The Morgan fingerprint density at radius 1 is 1.28 bits per heavy atom. The van der Waals surface area contributed by atoms with Crippen LogP contribution in [0.1, 0.15) is 41.6 Å². The Labute approximate surface area is 167 Å². The number of fused-ring (bicyclic) bond motifs is 1. The molecule has 0 radical (unpaired) electrons. The number of nitrogens with one attached hydrogen (secondary N) is 1. The first-order valence-electron chi connectivity index (χ1n) is 9.22. The fourth-order valence-corrected chi connectivity index (χ4v) is 3.17. The number of para-hydroxylation sites is 1. The fraction of sp³-hybridized carbons (Fsp3) is 0.250. The van der Waals surface area contributed by atoms with Crippen molar-refractivity contribution in [2.45, 2.75) is 33.4 Å². The summed E-state index contributed by atoms with van der Waals surface area (Å²) in [6.07, 6.45) is 4.76. The standard InChI is InChI=1S/C20H21N7O2/c1-11(2)27-10-24-16-13(5-4-6-14(16)27)9-23-19(28)17-18(21)26-15(12(3)25-17)20-22-7-8-29-20/h4-8,10-11H,9H2,1-3H3,(H2,21,26)(H,23,28). The number of nitrogens with zero attached hydrogens (tertiary/aromatic N) is 5. The third-order valence-corrected chi connectivity index (χ3v) is 4.63. The van der Waals surface area contributed by atoms with E-state index < -0.39 is 5.91 Å². The second-order valence-corrected chi connectivity index (χ2v) is 6.94. The van der Waals surface area contributed by atoms with Gasteiger partial charge in [0.05, 0.1) is 29.3 Å². The van der Waals surface area contributed by atoms with Gasteiger partial charge in [-0.3, -0.25) is 4.79 Å². The lowest BCUT2D eigenvalue weighted by Crippen LogP contribution is -2.26. The lowest BCUT2D eigenvalue weighted by atomic mass is 10.1. The van der Waals surface area contributed by atoms with Crippen LogP contribution in [0.3, 0.4) is 0 Å². The molecule has 1 aromatic carbocycles. The van der Waals surface area contributed by atoms with E-state index in [1.165, 1.54) is 12.5 Å². The maximum Gasteiger partial charge on any atom is 0.273 e. The van der Waals surface area contributed by atoms with Crippen LogP contribution in [0.5, 0.6) is 0 Å². The van der Waals surface area contributed by atoms with E-state index in [1.54, 1.807) is 6.92 Å². The maximum absolute atomic E-state index is 12.7. The molecule has 9 heteroatoms. The number of nitrogen functional groups attached to an aromatic ring is 1. The number of rotatable bonds is 5. The van der Waals surface area contributed by atoms with Crippen LogP contribution >= 0.6 is 0 Å². The van der Waals surface area contributed by atoms with Crippen molar-refractivity contribution in [2.24, 2.45) is 0 Å². The Morgan fingerprint density at radius 2 is 2.10 bits per heavy atom. The quantitative estimate of drug-likeness (QED) is 0.536. The number of carbonyl (C=O) groups is 1. The zero-order chi connectivity index (χ0) is 20.5. The number of amides is 1. The molecular weight excluding hydrogens is 370 g/mol. The van der Waals surface area contributed by atoms with Crippen molar-refractivity contribution in [1.82, 2.24) is 29.8 Å². The minimum absolute atomic E-state index is 0.0172. The van der Waals surface area contributed by atoms with Gasteiger partial charge in [0.1, 0.15) is 12.0 Å². The second-order valence-electron chi connectivity index (χ2n) is 6.94. The zero-order valence-electron chi connectivity index (χ0n) is 16.4. The summed E-state index contributed by atoms with van der Waals surface area (Å²) in [4.78, 5) is 29.8. The summed E-state index contributed by atoms with van der Waals surface area (Å²) in [7, 11) is 0. The summed E-state index contributed by atoms with van der Waals surface area (Å²) >= 11 is 0. The molecule has 0 saturated heterocycles. The van der Waals surface area contributed by atoms with Crippen molar-refractivity contribution in [3.63, 3.8) is 0 Å². The van der Waals surface area contributed by atoms with Gasteiger partial charge in [-0.15, -0.1) is 0 Å². The summed E-state index contributed by atoms with van der Waals surface area (Å²) in [5, 5.41) is 2.86. The van der Waals surface area contributed by atoms with Gasteiger partial charge < -0.3 is 20.0 Å². The number of nitrogens with two attached hydrogens (primary N) is 1. The summed E-state index contributed by atoms with van der Waals surface area (Å²) in [6, 6.07) is 6.20. The molecule has 1 amide bonds. The molecule has 0 unspecified atom stereocenters. The van der Waals surface area contributed by atoms with Gasteiger partial charge in [-0.25, -0.2) is 19.9 Å².